The van der Waals surface area contributed by atoms with E-state index in [1.54, 1.807) is 4.68 Å². The zero-order valence-electron chi connectivity index (χ0n) is 14.8. The number of rotatable bonds is 4. The van der Waals surface area contributed by atoms with E-state index in [1.165, 1.54) is 12.8 Å². The molecule has 0 N–H and O–H groups in total. The maximum atomic E-state index is 13.1. The second kappa shape index (κ2) is 7.00. The third-order valence-electron chi connectivity index (χ3n) is 5.34. The summed E-state index contributed by atoms with van der Waals surface area (Å²) < 4.78 is 3.80. The number of aryl methyl sites for hydroxylation is 2. The van der Waals surface area contributed by atoms with Crippen LogP contribution >= 0.6 is 0 Å². The van der Waals surface area contributed by atoms with E-state index >= 15 is 0 Å². The summed E-state index contributed by atoms with van der Waals surface area (Å²) in [7, 11) is 1.88. The zero-order chi connectivity index (χ0) is 17.2. The van der Waals surface area contributed by atoms with Gasteiger partial charge in [0, 0.05) is 38.6 Å². The molecule has 1 atom stereocenters. The standard InChI is InChI=1S/C18H26N6O/c1-21-10-5-15(20-21)12-18(25)23-14-17-4-7-19-24(17)11-6-16(23)13-22-8-2-3-9-22/h4-5,7,10,16H,2-3,6,8-9,11-14H2,1H3. The molecule has 4 rings (SSSR count). The highest BCUT2D eigenvalue weighted by molar-refractivity contribution is 5.78. The molecule has 4 heterocycles. The lowest BCUT2D eigenvalue weighted by atomic mass is 10.1. The summed E-state index contributed by atoms with van der Waals surface area (Å²) in [6.07, 6.45) is 7.59. The summed E-state index contributed by atoms with van der Waals surface area (Å²) >= 11 is 0. The summed E-state index contributed by atoms with van der Waals surface area (Å²) in [5.74, 6) is 0.164. The highest BCUT2D eigenvalue weighted by atomic mass is 16.2. The van der Waals surface area contributed by atoms with Crippen LogP contribution in [0.5, 0.6) is 0 Å². The van der Waals surface area contributed by atoms with E-state index in [0.717, 1.165) is 44.0 Å². The van der Waals surface area contributed by atoms with Gasteiger partial charge in [-0.15, -0.1) is 0 Å². The fraction of sp³-hybridized carbons (Fsp3) is 0.611. The van der Waals surface area contributed by atoms with Crippen LogP contribution < -0.4 is 0 Å². The number of nitrogens with zero attached hydrogens (tertiary/aromatic N) is 6. The van der Waals surface area contributed by atoms with Gasteiger partial charge in [0.2, 0.25) is 5.91 Å². The predicted octanol–water partition coefficient (Wildman–Crippen LogP) is 1.06. The van der Waals surface area contributed by atoms with Crippen LogP contribution in [0.25, 0.3) is 0 Å². The Morgan fingerprint density at radius 2 is 2.08 bits per heavy atom. The topological polar surface area (TPSA) is 59.2 Å². The summed E-state index contributed by atoms with van der Waals surface area (Å²) in [6, 6.07) is 4.20. The smallest absolute Gasteiger partial charge is 0.229 e. The van der Waals surface area contributed by atoms with Crippen molar-refractivity contribution in [3.63, 3.8) is 0 Å². The summed E-state index contributed by atoms with van der Waals surface area (Å²) in [5, 5.41) is 8.79. The maximum Gasteiger partial charge on any atom is 0.229 e. The van der Waals surface area contributed by atoms with Gasteiger partial charge in [0.05, 0.1) is 24.4 Å². The van der Waals surface area contributed by atoms with Crippen molar-refractivity contribution < 1.29 is 4.79 Å². The number of likely N-dealkylation sites (tertiary alicyclic amines) is 1. The average molecular weight is 342 g/mol. The van der Waals surface area contributed by atoms with Crippen molar-refractivity contribution in [3.05, 3.63) is 35.9 Å². The molecule has 0 spiro atoms. The molecule has 0 bridgehead atoms. The predicted molar refractivity (Wildman–Crippen MR) is 93.8 cm³/mol. The van der Waals surface area contributed by atoms with Crippen molar-refractivity contribution in [1.29, 1.82) is 0 Å². The van der Waals surface area contributed by atoms with Gasteiger partial charge in [-0.2, -0.15) is 10.2 Å². The van der Waals surface area contributed by atoms with E-state index in [2.05, 4.69) is 20.0 Å². The monoisotopic (exact) mass is 342 g/mol. The van der Waals surface area contributed by atoms with Gasteiger partial charge in [0.1, 0.15) is 0 Å². The van der Waals surface area contributed by atoms with Crippen LogP contribution in [-0.4, -0.2) is 60.9 Å². The molecular formula is C18H26N6O. The Labute approximate surface area is 148 Å². The first-order chi connectivity index (χ1) is 12.2. The Morgan fingerprint density at radius 3 is 2.84 bits per heavy atom. The van der Waals surface area contributed by atoms with Crippen LogP contribution in [0.1, 0.15) is 30.7 Å². The number of hydrogen-bond acceptors (Lipinski definition) is 4. The average Bonchev–Trinajstić information content (AvgIpc) is 3.31. The molecule has 1 fully saturated rings. The zero-order valence-corrected chi connectivity index (χ0v) is 14.8. The molecule has 1 amide bonds. The van der Waals surface area contributed by atoms with Gasteiger partial charge in [0.25, 0.3) is 0 Å². The molecule has 7 nitrogen and oxygen atoms in total. The molecule has 2 aromatic rings. The highest BCUT2D eigenvalue weighted by Gasteiger charge is 2.30. The number of fused-ring (bicyclic) bond motifs is 1. The number of hydrogen-bond donors (Lipinski definition) is 0. The highest BCUT2D eigenvalue weighted by Crippen LogP contribution is 2.21. The number of carbonyl (C=O) groups excluding carboxylic acids is 1. The molecule has 7 heteroatoms. The third-order valence-corrected chi connectivity index (χ3v) is 5.34. The molecular weight excluding hydrogens is 316 g/mol. The maximum absolute atomic E-state index is 13.1. The molecule has 25 heavy (non-hydrogen) atoms. The molecule has 1 saturated heterocycles. The van der Waals surface area contributed by atoms with Crippen molar-refractivity contribution in [2.24, 2.45) is 7.05 Å². The van der Waals surface area contributed by atoms with E-state index in [0.29, 0.717) is 13.0 Å². The van der Waals surface area contributed by atoms with Gasteiger partial charge in [-0.1, -0.05) is 0 Å². The lowest BCUT2D eigenvalue weighted by Crippen LogP contribution is -2.46. The molecule has 1 unspecified atom stereocenters. The largest absolute Gasteiger partial charge is 0.332 e. The summed E-state index contributed by atoms with van der Waals surface area (Å²) in [5.41, 5.74) is 1.96. The van der Waals surface area contributed by atoms with Crippen LogP contribution in [0.3, 0.4) is 0 Å². The van der Waals surface area contributed by atoms with Crippen LogP contribution in [0.15, 0.2) is 24.5 Å². The number of amides is 1. The number of carbonyl (C=O) groups is 1. The Kier molecular flexibility index (Phi) is 4.57. The Bertz CT molecular complexity index is 730. The fourth-order valence-corrected chi connectivity index (χ4v) is 3.99. The Hall–Kier alpha value is -2.15. The minimum atomic E-state index is 0.164. The van der Waals surface area contributed by atoms with Crippen molar-refractivity contribution in [2.45, 2.75) is 44.8 Å². The van der Waals surface area contributed by atoms with E-state index in [9.17, 15) is 4.79 Å². The molecule has 2 aliphatic rings. The van der Waals surface area contributed by atoms with Gasteiger partial charge < -0.3 is 9.80 Å². The van der Waals surface area contributed by atoms with Gasteiger partial charge in [-0.3, -0.25) is 14.2 Å². The SMILES string of the molecule is Cn1ccc(CC(=O)N2Cc3ccnn3CCC2CN2CCCC2)n1. The van der Waals surface area contributed by atoms with Gasteiger partial charge in [-0.25, -0.2) is 0 Å². The first kappa shape index (κ1) is 16.3. The van der Waals surface area contributed by atoms with E-state index in [1.807, 2.05) is 36.3 Å². The van der Waals surface area contributed by atoms with E-state index in [-0.39, 0.29) is 11.9 Å². The molecule has 0 aromatic carbocycles. The first-order valence-corrected chi connectivity index (χ1v) is 9.20. The van der Waals surface area contributed by atoms with Gasteiger partial charge >= 0.3 is 0 Å². The normalized spacial score (nSPS) is 21.3. The molecule has 2 aliphatic heterocycles. The van der Waals surface area contributed by atoms with Gasteiger partial charge in [-0.05, 0) is 44.5 Å². The van der Waals surface area contributed by atoms with Crippen LogP contribution in [0, 0.1) is 0 Å². The molecule has 134 valence electrons. The second-order valence-corrected chi connectivity index (χ2v) is 7.18. The quantitative estimate of drug-likeness (QED) is 0.834. The molecule has 0 aliphatic carbocycles. The molecule has 0 saturated carbocycles. The van der Waals surface area contributed by atoms with Crippen LogP contribution in [0.4, 0.5) is 0 Å². The summed E-state index contributed by atoms with van der Waals surface area (Å²) in [4.78, 5) is 17.6. The lowest BCUT2D eigenvalue weighted by Gasteiger charge is -2.32. The van der Waals surface area contributed by atoms with Crippen molar-refractivity contribution in [3.8, 4) is 0 Å². The Balaban J connectivity index is 1.53. The van der Waals surface area contributed by atoms with Crippen molar-refractivity contribution >= 4 is 5.91 Å². The second-order valence-electron chi connectivity index (χ2n) is 7.18. The van der Waals surface area contributed by atoms with Crippen molar-refractivity contribution in [1.82, 2.24) is 29.4 Å². The summed E-state index contributed by atoms with van der Waals surface area (Å²) in [6.45, 7) is 4.81. The van der Waals surface area contributed by atoms with Crippen LogP contribution in [-0.2, 0) is 31.4 Å². The number of aromatic nitrogens is 4. The third kappa shape index (κ3) is 3.61. The molecule has 0 radical (unpaired) electrons. The van der Waals surface area contributed by atoms with E-state index in [4.69, 9.17) is 0 Å². The minimum Gasteiger partial charge on any atom is -0.332 e. The van der Waals surface area contributed by atoms with E-state index < -0.39 is 0 Å². The van der Waals surface area contributed by atoms with Gasteiger partial charge in [0.15, 0.2) is 0 Å². The van der Waals surface area contributed by atoms with Crippen LogP contribution in [0.2, 0.25) is 0 Å². The Morgan fingerprint density at radius 1 is 1.24 bits per heavy atom. The fourth-order valence-electron chi connectivity index (χ4n) is 3.99. The van der Waals surface area contributed by atoms with Crippen molar-refractivity contribution in [2.75, 3.05) is 19.6 Å². The lowest BCUT2D eigenvalue weighted by molar-refractivity contribution is -0.134. The molecule has 2 aromatic heterocycles. The first-order valence-electron chi connectivity index (χ1n) is 9.20. The minimum absolute atomic E-state index is 0.164.